The molecule has 0 heterocycles. The molecule has 0 bridgehead atoms. The zero-order valence-corrected chi connectivity index (χ0v) is 18.5. The van der Waals surface area contributed by atoms with Gasteiger partial charge in [0.1, 0.15) is 6.10 Å². The van der Waals surface area contributed by atoms with Gasteiger partial charge in [-0.15, -0.1) is 0 Å². The first-order valence-electron chi connectivity index (χ1n) is 11.9. The van der Waals surface area contributed by atoms with Gasteiger partial charge < -0.3 is 15.3 Å². The Morgan fingerprint density at radius 3 is 2.40 bits per heavy atom. The summed E-state index contributed by atoms with van der Waals surface area (Å²) in [5, 5.41) is 30.2. The van der Waals surface area contributed by atoms with Crippen molar-refractivity contribution in [2.24, 2.45) is 46.3 Å². The molecule has 0 unspecified atom stereocenters. The highest BCUT2D eigenvalue weighted by Gasteiger charge is 2.66. The van der Waals surface area contributed by atoms with E-state index in [1.807, 2.05) is 6.92 Å². The smallest absolute Gasteiger partial charge is 0.303 e. The Balaban J connectivity index is 1.59. The molecule has 3 N–H and O–H groups in total. The lowest BCUT2D eigenvalue weighted by molar-refractivity contribution is -0.236. The lowest BCUT2D eigenvalue weighted by Crippen LogP contribution is -2.62. The van der Waals surface area contributed by atoms with Crippen molar-refractivity contribution in [3.63, 3.8) is 0 Å². The lowest BCUT2D eigenvalue weighted by Gasteiger charge is -2.63. The van der Waals surface area contributed by atoms with Crippen molar-refractivity contribution in [1.29, 1.82) is 0 Å². The first kappa shape index (κ1) is 22.4. The summed E-state index contributed by atoms with van der Waals surface area (Å²) in [5.41, 5.74) is -0.499. The number of hydrogen-bond donors (Lipinski definition) is 3. The number of carbonyl (C=O) groups is 1. The van der Waals surface area contributed by atoms with Gasteiger partial charge in [0.05, 0.1) is 6.10 Å². The van der Waals surface area contributed by atoms with Gasteiger partial charge in [0, 0.05) is 12.8 Å². The Morgan fingerprint density at radius 2 is 1.73 bits per heavy atom. The number of aliphatic hydroxyl groups excluding tert-OH is 2. The molecular weight excluding hydrogens is 390 g/mol. The topological polar surface area (TPSA) is 77.8 Å². The molecular formula is C24H38F2O4. The van der Waals surface area contributed by atoms with E-state index in [9.17, 15) is 23.8 Å². The van der Waals surface area contributed by atoms with E-state index in [1.54, 1.807) is 0 Å². The summed E-state index contributed by atoms with van der Waals surface area (Å²) >= 11 is 0. The third-order valence-corrected chi connectivity index (χ3v) is 10.3. The number of carboxylic acid groups (broad SMARTS) is 1. The van der Waals surface area contributed by atoms with Crippen LogP contribution in [0.15, 0.2) is 0 Å². The van der Waals surface area contributed by atoms with Crippen LogP contribution < -0.4 is 0 Å². The third kappa shape index (κ3) is 3.32. The Labute approximate surface area is 178 Å². The van der Waals surface area contributed by atoms with Crippen molar-refractivity contribution >= 4 is 5.97 Å². The van der Waals surface area contributed by atoms with Crippen molar-refractivity contribution in [1.82, 2.24) is 0 Å². The predicted molar refractivity (Wildman–Crippen MR) is 109 cm³/mol. The molecule has 0 saturated heterocycles. The number of fused-ring (bicyclic) bond motifs is 5. The summed E-state index contributed by atoms with van der Waals surface area (Å²) < 4.78 is 29.1. The van der Waals surface area contributed by atoms with Crippen molar-refractivity contribution in [3.8, 4) is 0 Å². The van der Waals surface area contributed by atoms with Crippen LogP contribution in [0.4, 0.5) is 8.78 Å². The molecule has 4 fully saturated rings. The molecule has 172 valence electrons. The van der Waals surface area contributed by atoms with Crippen LogP contribution in [0.3, 0.4) is 0 Å². The van der Waals surface area contributed by atoms with Gasteiger partial charge >= 0.3 is 5.97 Å². The average Bonchev–Trinajstić information content (AvgIpc) is 2.99. The second kappa shape index (κ2) is 7.40. The van der Waals surface area contributed by atoms with Crippen LogP contribution in [0.1, 0.15) is 78.6 Å². The summed E-state index contributed by atoms with van der Waals surface area (Å²) in [5.74, 6) is -2.72. The molecule has 30 heavy (non-hydrogen) atoms. The van der Waals surface area contributed by atoms with E-state index in [0.29, 0.717) is 30.6 Å². The lowest BCUT2D eigenvalue weighted by atomic mass is 9.43. The standard InChI is InChI=1S/C24H38F2O4/c1-13(4-7-20(29)30)15-5-6-16-21-17(8-9-22(15,16)2)23(3)12-24(25,26)19(28)11-14(23)10-18(21)27/h13-19,21,27-28H,4-12H2,1-3H3,(H,29,30)/t13-,14-,15-,16+,17+,18+,19+,21+,22-,23+/m1/s1. The van der Waals surface area contributed by atoms with Crippen molar-refractivity contribution in [2.45, 2.75) is 96.7 Å². The van der Waals surface area contributed by atoms with Gasteiger partial charge in [-0.1, -0.05) is 20.8 Å². The minimum absolute atomic E-state index is 0.0349. The normalized spacial score (nSPS) is 50.8. The van der Waals surface area contributed by atoms with E-state index in [1.165, 1.54) is 0 Å². The van der Waals surface area contributed by atoms with Crippen molar-refractivity contribution < 1.29 is 28.9 Å². The number of rotatable bonds is 4. The second-order valence-corrected chi connectivity index (χ2v) is 11.6. The first-order chi connectivity index (χ1) is 13.9. The Kier molecular flexibility index (Phi) is 5.53. The summed E-state index contributed by atoms with van der Waals surface area (Å²) in [4.78, 5) is 11.0. The van der Waals surface area contributed by atoms with Crippen molar-refractivity contribution in [2.75, 3.05) is 0 Å². The zero-order chi connectivity index (χ0) is 22.1. The van der Waals surface area contributed by atoms with E-state index < -0.39 is 29.5 Å². The first-order valence-corrected chi connectivity index (χ1v) is 11.9. The maximum atomic E-state index is 14.6. The average molecular weight is 429 g/mol. The van der Waals surface area contributed by atoms with Crippen LogP contribution in [-0.4, -0.2) is 39.4 Å². The Morgan fingerprint density at radius 1 is 1.07 bits per heavy atom. The maximum Gasteiger partial charge on any atom is 0.303 e. The third-order valence-electron chi connectivity index (χ3n) is 10.3. The van der Waals surface area contributed by atoms with Gasteiger partial charge in [-0.3, -0.25) is 4.79 Å². The minimum Gasteiger partial charge on any atom is -0.481 e. The predicted octanol–water partition coefficient (Wildman–Crippen LogP) is 4.72. The fourth-order valence-corrected chi connectivity index (χ4v) is 8.76. The molecule has 6 heteroatoms. The quantitative estimate of drug-likeness (QED) is 0.605. The van der Waals surface area contributed by atoms with Gasteiger partial charge in [0.15, 0.2) is 0 Å². The van der Waals surface area contributed by atoms with E-state index in [0.717, 1.165) is 25.7 Å². The minimum atomic E-state index is -3.05. The summed E-state index contributed by atoms with van der Waals surface area (Å²) in [7, 11) is 0. The van der Waals surface area contributed by atoms with E-state index in [-0.39, 0.29) is 42.4 Å². The number of aliphatic hydroxyl groups is 2. The van der Waals surface area contributed by atoms with E-state index in [2.05, 4.69) is 13.8 Å². The van der Waals surface area contributed by atoms with E-state index >= 15 is 0 Å². The van der Waals surface area contributed by atoms with Gasteiger partial charge in [0.2, 0.25) is 0 Å². The van der Waals surface area contributed by atoms with Gasteiger partial charge in [-0.2, -0.15) is 0 Å². The number of alkyl halides is 2. The SMILES string of the molecule is C[C@H](CCC(=O)O)[C@H]1CC[C@H]2[C@@H]3[C@@H](O)C[C@@H]4C[C@H](O)C(F)(F)C[C@]4(C)[C@H]3CC[C@]12C. The molecule has 0 amide bonds. The monoisotopic (exact) mass is 428 g/mol. The van der Waals surface area contributed by atoms with Crippen LogP contribution in [0.5, 0.6) is 0 Å². The van der Waals surface area contributed by atoms with Gasteiger partial charge in [0.25, 0.3) is 5.92 Å². The molecule has 0 spiro atoms. The molecule has 4 nitrogen and oxygen atoms in total. The number of halogens is 2. The fourth-order valence-electron chi connectivity index (χ4n) is 8.76. The molecule has 4 aliphatic carbocycles. The Bertz CT molecular complexity index is 684. The highest BCUT2D eigenvalue weighted by molar-refractivity contribution is 5.66. The number of aliphatic carboxylic acids is 1. The largest absolute Gasteiger partial charge is 0.481 e. The van der Waals surface area contributed by atoms with Gasteiger partial charge in [-0.05, 0) is 91.3 Å². The molecule has 0 aromatic rings. The fraction of sp³-hybridized carbons (Fsp3) is 0.958. The Hall–Kier alpha value is -0.750. The summed E-state index contributed by atoms with van der Waals surface area (Å²) in [6.45, 7) is 6.46. The van der Waals surface area contributed by atoms with Crippen LogP contribution in [0.25, 0.3) is 0 Å². The summed E-state index contributed by atoms with van der Waals surface area (Å²) in [6, 6.07) is 0. The van der Waals surface area contributed by atoms with Gasteiger partial charge in [-0.25, -0.2) is 8.78 Å². The summed E-state index contributed by atoms with van der Waals surface area (Å²) in [6.07, 6.45) is 2.92. The molecule has 0 radical (unpaired) electrons. The van der Waals surface area contributed by atoms with Crippen LogP contribution >= 0.6 is 0 Å². The van der Waals surface area contributed by atoms with E-state index in [4.69, 9.17) is 5.11 Å². The molecule has 4 saturated carbocycles. The molecule has 0 aliphatic heterocycles. The molecule has 0 aromatic heterocycles. The highest BCUT2D eigenvalue weighted by atomic mass is 19.3. The van der Waals surface area contributed by atoms with Crippen LogP contribution in [0.2, 0.25) is 0 Å². The molecule has 0 aromatic carbocycles. The molecule has 4 rings (SSSR count). The zero-order valence-electron chi connectivity index (χ0n) is 18.5. The van der Waals surface area contributed by atoms with Crippen LogP contribution in [-0.2, 0) is 4.79 Å². The number of hydrogen-bond acceptors (Lipinski definition) is 3. The van der Waals surface area contributed by atoms with Crippen LogP contribution in [0, 0.1) is 46.3 Å². The highest BCUT2D eigenvalue weighted by Crippen LogP contribution is 2.69. The molecule has 4 aliphatic rings. The second-order valence-electron chi connectivity index (χ2n) is 11.6. The maximum absolute atomic E-state index is 14.6. The number of carboxylic acids is 1. The molecule has 10 atom stereocenters. The van der Waals surface area contributed by atoms with Crippen molar-refractivity contribution in [3.05, 3.63) is 0 Å².